The van der Waals surface area contributed by atoms with Gasteiger partial charge in [-0.2, -0.15) is 0 Å². The van der Waals surface area contributed by atoms with Crippen molar-refractivity contribution in [1.82, 2.24) is 9.13 Å². The monoisotopic (exact) mass is 324 g/mol. The van der Waals surface area contributed by atoms with Crippen LogP contribution in [0.5, 0.6) is 0 Å². The van der Waals surface area contributed by atoms with Gasteiger partial charge in [0.15, 0.2) is 0 Å². The van der Waals surface area contributed by atoms with Crippen LogP contribution in [0.15, 0.2) is 58.1 Å². The molecular weight excluding hydrogens is 308 g/mol. The van der Waals surface area contributed by atoms with Gasteiger partial charge in [-0.05, 0) is 11.5 Å². The summed E-state index contributed by atoms with van der Waals surface area (Å²) in [7, 11) is 2.86. The highest BCUT2D eigenvalue weighted by Gasteiger charge is 2.10. The van der Waals surface area contributed by atoms with Crippen LogP contribution in [0.2, 0.25) is 0 Å². The van der Waals surface area contributed by atoms with Gasteiger partial charge in [-0.25, -0.2) is 9.59 Å². The quantitative estimate of drug-likeness (QED) is 0.755. The summed E-state index contributed by atoms with van der Waals surface area (Å²) in [6.45, 7) is 0. The van der Waals surface area contributed by atoms with Crippen LogP contribution in [0.25, 0.3) is 10.8 Å². The van der Waals surface area contributed by atoms with Gasteiger partial charge >= 0.3 is 11.7 Å². The SMILES string of the molecule is Cn1c(NC(=O)Nc2cccc3ccccc23)cc(=O)n(C)c1=O. The molecule has 0 bridgehead atoms. The summed E-state index contributed by atoms with van der Waals surface area (Å²) >= 11 is 0. The first-order valence-electron chi connectivity index (χ1n) is 7.30. The first kappa shape index (κ1) is 15.5. The van der Waals surface area contributed by atoms with Gasteiger partial charge in [-0.1, -0.05) is 36.4 Å². The third-order valence-corrected chi connectivity index (χ3v) is 3.81. The number of carbonyl (C=O) groups excluding carboxylic acids is 1. The highest BCUT2D eigenvalue weighted by atomic mass is 16.2. The van der Waals surface area contributed by atoms with E-state index in [4.69, 9.17) is 0 Å². The van der Waals surface area contributed by atoms with E-state index in [-0.39, 0.29) is 5.82 Å². The van der Waals surface area contributed by atoms with Crippen LogP contribution in [0.4, 0.5) is 16.3 Å². The van der Waals surface area contributed by atoms with E-state index in [0.29, 0.717) is 5.69 Å². The Morgan fingerprint density at radius 2 is 1.62 bits per heavy atom. The van der Waals surface area contributed by atoms with Crippen molar-refractivity contribution in [3.8, 4) is 0 Å². The van der Waals surface area contributed by atoms with Gasteiger partial charge in [0.2, 0.25) is 0 Å². The molecule has 1 heterocycles. The van der Waals surface area contributed by atoms with Crippen LogP contribution in [0.3, 0.4) is 0 Å². The van der Waals surface area contributed by atoms with Crippen LogP contribution in [0, 0.1) is 0 Å². The van der Waals surface area contributed by atoms with Crippen LogP contribution < -0.4 is 21.9 Å². The number of aromatic nitrogens is 2. The number of urea groups is 1. The van der Waals surface area contributed by atoms with Crippen molar-refractivity contribution in [2.75, 3.05) is 10.6 Å². The number of benzene rings is 2. The van der Waals surface area contributed by atoms with E-state index in [2.05, 4.69) is 10.6 Å². The Bertz CT molecular complexity index is 1040. The second-order valence-corrected chi connectivity index (χ2v) is 5.37. The van der Waals surface area contributed by atoms with E-state index in [1.807, 2.05) is 36.4 Å². The van der Waals surface area contributed by atoms with Crippen molar-refractivity contribution in [2.24, 2.45) is 14.1 Å². The van der Waals surface area contributed by atoms with E-state index in [1.165, 1.54) is 24.7 Å². The van der Waals surface area contributed by atoms with Crippen molar-refractivity contribution in [3.05, 3.63) is 69.4 Å². The maximum Gasteiger partial charge on any atom is 0.332 e. The molecule has 2 amide bonds. The fraction of sp³-hybridized carbons (Fsp3) is 0.118. The number of rotatable bonds is 2. The molecule has 0 aliphatic heterocycles. The number of hydrogen-bond acceptors (Lipinski definition) is 3. The lowest BCUT2D eigenvalue weighted by molar-refractivity contribution is 0.262. The van der Waals surface area contributed by atoms with Crippen LogP contribution >= 0.6 is 0 Å². The Morgan fingerprint density at radius 1 is 0.917 bits per heavy atom. The number of nitrogens with one attached hydrogen (secondary N) is 2. The number of fused-ring (bicyclic) bond motifs is 1. The predicted molar refractivity (Wildman–Crippen MR) is 93.5 cm³/mol. The van der Waals surface area contributed by atoms with Gasteiger partial charge in [0.05, 0.1) is 5.69 Å². The molecule has 0 aliphatic rings. The lowest BCUT2D eigenvalue weighted by Gasteiger charge is -2.12. The first-order chi connectivity index (χ1) is 11.5. The highest BCUT2D eigenvalue weighted by molar-refractivity contribution is 6.05. The van der Waals surface area contributed by atoms with Crippen molar-refractivity contribution < 1.29 is 4.79 Å². The summed E-state index contributed by atoms with van der Waals surface area (Å²) in [6.07, 6.45) is 0. The third-order valence-electron chi connectivity index (χ3n) is 3.81. The lowest BCUT2D eigenvalue weighted by Crippen LogP contribution is -2.38. The van der Waals surface area contributed by atoms with Crippen LogP contribution in [-0.4, -0.2) is 15.2 Å². The molecule has 7 heteroatoms. The van der Waals surface area contributed by atoms with E-state index >= 15 is 0 Å². The van der Waals surface area contributed by atoms with Gasteiger partial charge in [-0.15, -0.1) is 0 Å². The topological polar surface area (TPSA) is 85.1 Å². The molecule has 0 aliphatic carbocycles. The summed E-state index contributed by atoms with van der Waals surface area (Å²) in [5.41, 5.74) is -0.360. The fourth-order valence-electron chi connectivity index (χ4n) is 2.46. The number of anilines is 2. The average molecular weight is 324 g/mol. The Labute approximate surface area is 137 Å². The third kappa shape index (κ3) is 2.79. The molecule has 0 saturated heterocycles. The molecule has 0 saturated carbocycles. The maximum absolute atomic E-state index is 12.2. The molecule has 0 unspecified atom stereocenters. The zero-order valence-electron chi connectivity index (χ0n) is 13.2. The minimum absolute atomic E-state index is 0.126. The largest absolute Gasteiger partial charge is 0.332 e. The molecule has 7 nitrogen and oxygen atoms in total. The van der Waals surface area contributed by atoms with Gasteiger partial charge in [0.25, 0.3) is 5.56 Å². The zero-order chi connectivity index (χ0) is 17.3. The highest BCUT2D eigenvalue weighted by Crippen LogP contribution is 2.22. The number of carbonyl (C=O) groups is 1. The van der Waals surface area contributed by atoms with Gasteiger partial charge in [-0.3, -0.25) is 19.2 Å². The molecule has 3 aromatic rings. The molecule has 0 atom stereocenters. The summed E-state index contributed by atoms with van der Waals surface area (Å²) in [5, 5.41) is 7.16. The molecule has 0 radical (unpaired) electrons. The number of hydrogen-bond donors (Lipinski definition) is 2. The number of nitrogens with zero attached hydrogens (tertiary/aromatic N) is 2. The molecule has 2 aromatic carbocycles. The van der Waals surface area contributed by atoms with Gasteiger partial charge < -0.3 is 5.32 Å². The lowest BCUT2D eigenvalue weighted by atomic mass is 10.1. The first-order valence-corrected chi connectivity index (χ1v) is 7.30. The summed E-state index contributed by atoms with van der Waals surface area (Å²) in [6, 6.07) is 13.9. The van der Waals surface area contributed by atoms with Crippen molar-refractivity contribution >= 4 is 28.3 Å². The molecule has 2 N–H and O–H groups in total. The maximum atomic E-state index is 12.2. The number of amides is 2. The van der Waals surface area contributed by atoms with Crippen LogP contribution in [-0.2, 0) is 14.1 Å². The second-order valence-electron chi connectivity index (χ2n) is 5.37. The smallest absolute Gasteiger partial charge is 0.307 e. The summed E-state index contributed by atoms with van der Waals surface area (Å²) in [4.78, 5) is 35.8. The van der Waals surface area contributed by atoms with Gasteiger partial charge in [0.1, 0.15) is 5.82 Å². The van der Waals surface area contributed by atoms with E-state index in [1.54, 1.807) is 6.07 Å². The van der Waals surface area contributed by atoms with Gasteiger partial charge in [0, 0.05) is 25.5 Å². The Kier molecular flexibility index (Phi) is 3.91. The molecule has 0 spiro atoms. The molecule has 3 rings (SSSR count). The standard InChI is InChI=1S/C17H16N4O3/c1-20-14(10-15(22)21(2)17(20)24)19-16(23)18-13-9-5-7-11-6-3-4-8-12(11)13/h3-10H,1-2H3,(H2,18,19,23). The Morgan fingerprint density at radius 3 is 2.42 bits per heavy atom. The van der Waals surface area contributed by atoms with Crippen LogP contribution in [0.1, 0.15) is 0 Å². The molecule has 0 fully saturated rings. The average Bonchev–Trinajstić information content (AvgIpc) is 2.58. The van der Waals surface area contributed by atoms with E-state index in [0.717, 1.165) is 15.3 Å². The Hall–Kier alpha value is -3.35. The van der Waals surface area contributed by atoms with Crippen molar-refractivity contribution in [2.45, 2.75) is 0 Å². The Balaban J connectivity index is 1.89. The van der Waals surface area contributed by atoms with E-state index < -0.39 is 17.3 Å². The zero-order valence-corrected chi connectivity index (χ0v) is 13.2. The van der Waals surface area contributed by atoms with Crippen molar-refractivity contribution in [1.29, 1.82) is 0 Å². The second kappa shape index (κ2) is 6.04. The molecule has 24 heavy (non-hydrogen) atoms. The normalized spacial score (nSPS) is 10.6. The minimum atomic E-state index is -0.533. The summed E-state index contributed by atoms with van der Waals surface area (Å²) < 4.78 is 2.16. The minimum Gasteiger partial charge on any atom is -0.307 e. The fourth-order valence-corrected chi connectivity index (χ4v) is 2.46. The molecule has 122 valence electrons. The summed E-state index contributed by atoms with van der Waals surface area (Å²) in [5.74, 6) is 0.126. The van der Waals surface area contributed by atoms with Crippen molar-refractivity contribution in [3.63, 3.8) is 0 Å². The molecular formula is C17H16N4O3. The molecule has 1 aromatic heterocycles. The van der Waals surface area contributed by atoms with E-state index in [9.17, 15) is 14.4 Å². The predicted octanol–water partition coefficient (Wildman–Crippen LogP) is 1.88.